The summed E-state index contributed by atoms with van der Waals surface area (Å²) in [5.74, 6) is -2.11. The van der Waals surface area contributed by atoms with E-state index in [4.69, 9.17) is 0 Å². The van der Waals surface area contributed by atoms with Crippen LogP contribution in [0.5, 0.6) is 0 Å². The summed E-state index contributed by atoms with van der Waals surface area (Å²) in [6.07, 6.45) is -4.72. The zero-order chi connectivity index (χ0) is 19.2. The third-order valence-corrected chi connectivity index (χ3v) is 2.97. The van der Waals surface area contributed by atoms with E-state index in [0.29, 0.717) is 5.71 Å². The fourth-order valence-corrected chi connectivity index (χ4v) is 1.76. The minimum absolute atomic E-state index is 0.0899. The normalized spacial score (nSPS) is 12.1. The van der Waals surface area contributed by atoms with Crippen LogP contribution in [0.4, 0.5) is 17.6 Å². The minimum Gasteiger partial charge on any atom is -0.393 e. The number of aromatic nitrogens is 2. The van der Waals surface area contributed by atoms with Gasteiger partial charge in [0.05, 0.1) is 12.3 Å². The molecule has 0 unspecified atom stereocenters. The summed E-state index contributed by atoms with van der Waals surface area (Å²) >= 11 is 0. The van der Waals surface area contributed by atoms with Crippen molar-refractivity contribution in [2.24, 2.45) is 5.16 Å². The molecule has 0 fully saturated rings. The van der Waals surface area contributed by atoms with Gasteiger partial charge >= 0.3 is 12.1 Å². The van der Waals surface area contributed by atoms with E-state index in [1.165, 1.54) is 24.3 Å². The number of carbonyl (C=O) groups is 1. The summed E-state index contributed by atoms with van der Waals surface area (Å²) in [6.45, 7) is 0.849. The summed E-state index contributed by atoms with van der Waals surface area (Å²) in [6, 6.07) is 5.59. The highest BCUT2D eigenvalue weighted by Gasteiger charge is 2.38. The van der Waals surface area contributed by atoms with Crippen molar-refractivity contribution in [2.75, 3.05) is 19.8 Å². The van der Waals surface area contributed by atoms with E-state index in [2.05, 4.69) is 30.0 Å². The highest BCUT2D eigenvalue weighted by Crippen LogP contribution is 2.29. The zero-order valence-electron chi connectivity index (χ0n) is 13.5. The maximum atomic E-state index is 12.4. The molecule has 2 rings (SSSR count). The Labute approximate surface area is 145 Å². The molecule has 0 saturated heterocycles. The van der Waals surface area contributed by atoms with Gasteiger partial charge in [-0.25, -0.2) is 4.39 Å². The first-order valence-electron chi connectivity index (χ1n) is 7.32. The molecule has 1 heterocycles. The SMILES string of the molecule is CC(CNC(=O)c1ccc(-c2noc(C(F)(F)F)n2)cc1)=NOCCF. The van der Waals surface area contributed by atoms with Gasteiger partial charge in [0.1, 0.15) is 13.3 Å². The van der Waals surface area contributed by atoms with Crippen LogP contribution in [-0.2, 0) is 11.0 Å². The maximum Gasteiger partial charge on any atom is 0.471 e. The third-order valence-electron chi connectivity index (χ3n) is 2.97. The number of halogens is 4. The summed E-state index contributed by atoms with van der Waals surface area (Å²) in [4.78, 5) is 19.9. The zero-order valence-corrected chi connectivity index (χ0v) is 13.5. The minimum atomic E-state index is -4.72. The molecule has 0 atom stereocenters. The molecule has 0 aliphatic carbocycles. The van der Waals surface area contributed by atoms with E-state index in [1.54, 1.807) is 6.92 Å². The lowest BCUT2D eigenvalue weighted by Gasteiger charge is -2.05. The number of rotatable bonds is 7. The fraction of sp³-hybridized carbons (Fsp3) is 0.333. The van der Waals surface area contributed by atoms with E-state index in [0.717, 1.165) is 0 Å². The second-order valence-electron chi connectivity index (χ2n) is 5.03. The van der Waals surface area contributed by atoms with E-state index >= 15 is 0 Å². The molecule has 1 aromatic carbocycles. The number of amides is 1. The predicted molar refractivity (Wildman–Crippen MR) is 82.1 cm³/mol. The number of nitrogens with one attached hydrogen (secondary N) is 1. The quantitative estimate of drug-likeness (QED) is 0.348. The smallest absolute Gasteiger partial charge is 0.393 e. The molecule has 0 radical (unpaired) electrons. The lowest BCUT2D eigenvalue weighted by Crippen LogP contribution is -2.28. The van der Waals surface area contributed by atoms with Gasteiger partial charge in [0.15, 0.2) is 0 Å². The number of benzene rings is 1. The van der Waals surface area contributed by atoms with Crippen molar-refractivity contribution in [1.82, 2.24) is 15.5 Å². The average Bonchev–Trinajstić information content (AvgIpc) is 3.10. The molecular formula is C15H14F4N4O3. The molecule has 7 nitrogen and oxygen atoms in total. The lowest BCUT2D eigenvalue weighted by atomic mass is 10.1. The number of nitrogens with zero attached hydrogens (tertiary/aromatic N) is 3. The Morgan fingerprint density at radius 1 is 1.31 bits per heavy atom. The Morgan fingerprint density at radius 3 is 2.58 bits per heavy atom. The number of alkyl halides is 4. The van der Waals surface area contributed by atoms with Gasteiger partial charge in [-0.05, 0) is 19.1 Å². The molecule has 1 amide bonds. The summed E-state index contributed by atoms with van der Waals surface area (Å²) in [5, 5.41) is 9.42. The average molecular weight is 374 g/mol. The maximum absolute atomic E-state index is 12.4. The van der Waals surface area contributed by atoms with Crippen molar-refractivity contribution in [3.05, 3.63) is 35.7 Å². The standard InChI is InChI=1S/C15H14F4N4O3/c1-9(22-25-7-6-16)8-20-13(24)11-4-2-10(3-5-11)12-21-14(26-23-12)15(17,18)19/h2-5H,6-8H2,1H3,(H,20,24). The van der Waals surface area contributed by atoms with E-state index in [9.17, 15) is 22.4 Å². The molecular weight excluding hydrogens is 360 g/mol. The monoisotopic (exact) mass is 374 g/mol. The van der Waals surface area contributed by atoms with Gasteiger partial charge < -0.3 is 14.7 Å². The largest absolute Gasteiger partial charge is 0.471 e. The topological polar surface area (TPSA) is 89.6 Å². The number of oxime groups is 1. The van der Waals surface area contributed by atoms with Crippen LogP contribution in [0.1, 0.15) is 23.2 Å². The van der Waals surface area contributed by atoms with Crippen molar-refractivity contribution in [3.63, 3.8) is 0 Å². The molecule has 0 aliphatic heterocycles. The molecule has 1 N–H and O–H groups in total. The summed E-state index contributed by atoms with van der Waals surface area (Å²) < 4.78 is 53.4. The predicted octanol–water partition coefficient (Wildman–Crippen LogP) is 2.85. The second kappa shape index (κ2) is 8.41. The molecule has 140 valence electrons. The Morgan fingerprint density at radius 2 is 2.00 bits per heavy atom. The van der Waals surface area contributed by atoms with Gasteiger partial charge in [0, 0.05) is 11.1 Å². The first-order chi connectivity index (χ1) is 12.3. The van der Waals surface area contributed by atoms with Crippen LogP contribution in [0.3, 0.4) is 0 Å². The highest BCUT2D eigenvalue weighted by molar-refractivity contribution is 5.97. The fourth-order valence-electron chi connectivity index (χ4n) is 1.76. The van der Waals surface area contributed by atoms with Gasteiger partial charge in [0.2, 0.25) is 5.82 Å². The van der Waals surface area contributed by atoms with Gasteiger partial charge in [-0.15, -0.1) is 0 Å². The van der Waals surface area contributed by atoms with Gasteiger partial charge in [-0.3, -0.25) is 4.79 Å². The molecule has 26 heavy (non-hydrogen) atoms. The van der Waals surface area contributed by atoms with Crippen LogP contribution >= 0.6 is 0 Å². The Balaban J connectivity index is 1.97. The van der Waals surface area contributed by atoms with Crippen LogP contribution in [0.15, 0.2) is 33.9 Å². The summed E-state index contributed by atoms with van der Waals surface area (Å²) in [5.41, 5.74) is 0.971. The Kier molecular flexibility index (Phi) is 6.26. The molecule has 0 aliphatic rings. The van der Waals surface area contributed by atoms with Crippen LogP contribution in [0.2, 0.25) is 0 Å². The summed E-state index contributed by atoms with van der Waals surface area (Å²) in [7, 11) is 0. The van der Waals surface area contributed by atoms with Gasteiger partial charge in [0.25, 0.3) is 5.91 Å². The molecule has 0 saturated carbocycles. The first kappa shape index (κ1) is 19.3. The van der Waals surface area contributed by atoms with Crippen LogP contribution in [0.25, 0.3) is 11.4 Å². The lowest BCUT2D eigenvalue weighted by molar-refractivity contribution is -0.159. The van der Waals surface area contributed by atoms with Crippen LogP contribution in [0, 0.1) is 0 Å². The molecule has 11 heteroatoms. The second-order valence-corrected chi connectivity index (χ2v) is 5.03. The van der Waals surface area contributed by atoms with Gasteiger partial charge in [-0.2, -0.15) is 18.2 Å². The van der Waals surface area contributed by atoms with Gasteiger partial charge in [-0.1, -0.05) is 22.4 Å². The van der Waals surface area contributed by atoms with Crippen molar-refractivity contribution in [1.29, 1.82) is 0 Å². The molecule has 2 aromatic rings. The first-order valence-corrected chi connectivity index (χ1v) is 7.32. The third kappa shape index (κ3) is 5.26. The molecule has 0 bridgehead atoms. The highest BCUT2D eigenvalue weighted by atomic mass is 19.4. The van der Waals surface area contributed by atoms with E-state index < -0.39 is 24.6 Å². The number of hydrogen-bond acceptors (Lipinski definition) is 6. The van der Waals surface area contributed by atoms with Crippen molar-refractivity contribution >= 4 is 11.6 Å². The van der Waals surface area contributed by atoms with Crippen molar-refractivity contribution < 1.29 is 31.7 Å². The molecule has 1 aromatic heterocycles. The van der Waals surface area contributed by atoms with Crippen LogP contribution in [-0.4, -0.2) is 41.6 Å². The van der Waals surface area contributed by atoms with E-state index in [1.807, 2.05) is 0 Å². The van der Waals surface area contributed by atoms with Crippen LogP contribution < -0.4 is 5.32 Å². The van der Waals surface area contributed by atoms with Crippen molar-refractivity contribution in [2.45, 2.75) is 13.1 Å². The van der Waals surface area contributed by atoms with E-state index in [-0.39, 0.29) is 30.1 Å². The van der Waals surface area contributed by atoms with Crippen molar-refractivity contribution in [3.8, 4) is 11.4 Å². The number of hydrogen-bond donors (Lipinski definition) is 1. The molecule has 0 spiro atoms. The Bertz CT molecular complexity index is 772. The Hall–Kier alpha value is -2.98. The number of carbonyl (C=O) groups excluding carboxylic acids is 1.